The summed E-state index contributed by atoms with van der Waals surface area (Å²) in [4.78, 5) is 51.9. The van der Waals surface area contributed by atoms with Crippen LogP contribution in [0.25, 0.3) is 0 Å². The van der Waals surface area contributed by atoms with E-state index in [-0.39, 0.29) is 41.4 Å². The van der Waals surface area contributed by atoms with E-state index in [2.05, 4.69) is 11.8 Å². The van der Waals surface area contributed by atoms with Crippen molar-refractivity contribution in [2.45, 2.75) is 66.4 Å². The van der Waals surface area contributed by atoms with Crippen LogP contribution in [-0.4, -0.2) is 49.2 Å². The van der Waals surface area contributed by atoms with Gasteiger partial charge in [-0.25, -0.2) is 0 Å². The minimum atomic E-state index is -2.65. The maximum atomic E-state index is 14.2. The van der Waals surface area contributed by atoms with Gasteiger partial charge in [0.05, 0.1) is 5.56 Å². The van der Waals surface area contributed by atoms with Gasteiger partial charge in [0.15, 0.2) is 17.2 Å². The monoisotopic (exact) mass is 596 g/mol. The zero-order valence-electron chi connectivity index (χ0n) is 25.7. The Hall–Kier alpha value is -4.48. The zero-order chi connectivity index (χ0) is 32.5. The number of ketones is 4. The summed E-state index contributed by atoms with van der Waals surface area (Å²) in [7, 11) is 0. The molecule has 3 aliphatic rings. The third kappa shape index (κ3) is 4.33. The lowest BCUT2D eigenvalue weighted by Crippen LogP contribution is -2.67. The van der Waals surface area contributed by atoms with Crippen LogP contribution in [0.1, 0.15) is 80.6 Å². The molecule has 0 heterocycles. The van der Waals surface area contributed by atoms with Crippen molar-refractivity contribution in [1.82, 2.24) is 0 Å². The first kappa shape index (κ1) is 31.0. The van der Waals surface area contributed by atoms with Crippen molar-refractivity contribution in [2.24, 2.45) is 22.7 Å². The van der Waals surface area contributed by atoms with E-state index in [0.29, 0.717) is 23.1 Å². The van der Waals surface area contributed by atoms with Gasteiger partial charge in [0.1, 0.15) is 28.6 Å². The summed E-state index contributed by atoms with van der Waals surface area (Å²) < 4.78 is 0. The Bertz CT molecular complexity index is 1780. The quantitative estimate of drug-likeness (QED) is 0.288. The van der Waals surface area contributed by atoms with Crippen LogP contribution in [0.3, 0.4) is 0 Å². The van der Waals surface area contributed by atoms with E-state index in [1.54, 1.807) is 45.9 Å². The van der Waals surface area contributed by atoms with Crippen molar-refractivity contribution in [2.75, 3.05) is 0 Å². The van der Waals surface area contributed by atoms with E-state index < -0.39 is 56.8 Å². The summed E-state index contributed by atoms with van der Waals surface area (Å²) in [5, 5.41) is 46.0. The topological polar surface area (TPSA) is 149 Å². The van der Waals surface area contributed by atoms with E-state index in [1.807, 2.05) is 12.1 Å². The minimum Gasteiger partial charge on any atom is -0.511 e. The molecule has 0 saturated carbocycles. The van der Waals surface area contributed by atoms with Gasteiger partial charge < -0.3 is 20.4 Å². The summed E-state index contributed by atoms with van der Waals surface area (Å²) in [5.74, 6) is 0.737. The number of hydrogen-bond acceptors (Lipinski definition) is 8. The molecule has 1 unspecified atom stereocenters. The highest BCUT2D eigenvalue weighted by Crippen LogP contribution is 2.65. The molecule has 2 aromatic carbocycles. The number of phenolic OH excluding ortho intramolecular Hbond substituents is 1. The standard InChI is InChI=1S/C36H36O8/c1-18(2)28-30(40)26(20(4)38)32(42)36(44)33(43)29-31(41)27-24(16-34(29,5)17-35(28,36)6)23(13-14-25(27)39)12-11-21-7-9-22(10-8-21)15-19(3)37/h7-10,13-14,18,28,39-40,43-44H,15-17H2,1-6H3/t28?,34-,35-,36+/m1/s1. The summed E-state index contributed by atoms with van der Waals surface area (Å²) >= 11 is 0. The lowest BCUT2D eigenvalue weighted by Gasteiger charge is -2.59. The minimum absolute atomic E-state index is 0.00500. The number of carbonyl (C=O) groups excluding carboxylic acids is 4. The molecule has 0 aromatic heterocycles. The highest BCUT2D eigenvalue weighted by Gasteiger charge is 2.71. The molecule has 4 N–H and O–H groups in total. The second-order valence-electron chi connectivity index (χ2n) is 13.3. The van der Waals surface area contributed by atoms with Crippen LogP contribution in [0.4, 0.5) is 0 Å². The molecular formula is C36H36O8. The molecule has 0 fully saturated rings. The van der Waals surface area contributed by atoms with Crippen molar-refractivity contribution in [3.63, 3.8) is 0 Å². The molecule has 44 heavy (non-hydrogen) atoms. The number of fused-ring (bicyclic) bond motifs is 3. The Morgan fingerprint density at radius 2 is 1.61 bits per heavy atom. The average molecular weight is 597 g/mol. The summed E-state index contributed by atoms with van der Waals surface area (Å²) in [6.07, 6.45) is 0.465. The fourth-order valence-corrected chi connectivity index (χ4v) is 7.98. The van der Waals surface area contributed by atoms with Crippen molar-refractivity contribution < 1.29 is 39.6 Å². The van der Waals surface area contributed by atoms with Gasteiger partial charge in [-0.05, 0) is 68.0 Å². The number of Topliss-reactive ketones (excluding diaryl/α,β-unsaturated/α-hetero) is 4. The number of hydrogen-bond donors (Lipinski definition) is 4. The Morgan fingerprint density at radius 1 is 0.977 bits per heavy atom. The third-order valence-corrected chi connectivity index (χ3v) is 9.64. The predicted molar refractivity (Wildman–Crippen MR) is 162 cm³/mol. The van der Waals surface area contributed by atoms with E-state index in [4.69, 9.17) is 0 Å². The highest BCUT2D eigenvalue weighted by molar-refractivity contribution is 6.25. The van der Waals surface area contributed by atoms with Gasteiger partial charge in [0.2, 0.25) is 5.78 Å². The van der Waals surface area contributed by atoms with Gasteiger partial charge in [0, 0.05) is 39.9 Å². The van der Waals surface area contributed by atoms with Crippen LogP contribution in [-0.2, 0) is 27.2 Å². The Balaban J connectivity index is 1.68. The highest BCUT2D eigenvalue weighted by atomic mass is 16.3. The van der Waals surface area contributed by atoms with Gasteiger partial charge in [-0.2, -0.15) is 0 Å². The van der Waals surface area contributed by atoms with Crippen LogP contribution in [0, 0.1) is 34.5 Å². The summed E-state index contributed by atoms with van der Waals surface area (Å²) in [6, 6.07) is 10.2. The van der Waals surface area contributed by atoms with Gasteiger partial charge >= 0.3 is 0 Å². The van der Waals surface area contributed by atoms with Crippen molar-refractivity contribution in [3.8, 4) is 17.6 Å². The first-order valence-electron chi connectivity index (χ1n) is 14.6. The second-order valence-corrected chi connectivity index (χ2v) is 13.3. The van der Waals surface area contributed by atoms with Crippen LogP contribution < -0.4 is 0 Å². The smallest absolute Gasteiger partial charge is 0.209 e. The zero-order valence-corrected chi connectivity index (χ0v) is 25.7. The van der Waals surface area contributed by atoms with Crippen LogP contribution >= 0.6 is 0 Å². The van der Waals surface area contributed by atoms with Gasteiger partial charge in [-0.15, -0.1) is 0 Å². The maximum Gasteiger partial charge on any atom is 0.209 e. The molecule has 8 nitrogen and oxygen atoms in total. The van der Waals surface area contributed by atoms with Crippen LogP contribution in [0.5, 0.6) is 5.75 Å². The first-order chi connectivity index (χ1) is 20.5. The molecule has 0 radical (unpaired) electrons. The molecule has 0 saturated heterocycles. The number of phenols is 1. The SMILES string of the molecule is CC(=O)Cc1ccc(C#Cc2ccc(O)c3c2C[C@]2(C)C[C@]4(C)C(C(C)C)C(O)=C(C(C)=O)C(=O)[C@]4(O)C(O)=C2C3=O)cc1. The van der Waals surface area contributed by atoms with Crippen molar-refractivity contribution >= 4 is 23.1 Å². The Morgan fingerprint density at radius 3 is 2.18 bits per heavy atom. The number of rotatable bonds is 4. The third-order valence-electron chi connectivity index (χ3n) is 9.64. The maximum absolute atomic E-state index is 14.2. The molecule has 8 heteroatoms. The van der Waals surface area contributed by atoms with E-state index in [1.165, 1.54) is 13.0 Å². The molecule has 0 bridgehead atoms. The average Bonchev–Trinajstić information content (AvgIpc) is 2.90. The molecule has 3 aliphatic carbocycles. The van der Waals surface area contributed by atoms with Crippen molar-refractivity contribution in [1.29, 1.82) is 0 Å². The molecule has 0 amide bonds. The van der Waals surface area contributed by atoms with Gasteiger partial charge in [0.25, 0.3) is 0 Å². The molecular weight excluding hydrogens is 560 g/mol. The number of benzene rings is 2. The molecule has 0 aliphatic heterocycles. The molecule has 0 spiro atoms. The van der Waals surface area contributed by atoms with Crippen molar-refractivity contribution in [3.05, 3.63) is 86.9 Å². The number of aliphatic hydroxyl groups is 3. The largest absolute Gasteiger partial charge is 0.511 e. The van der Waals surface area contributed by atoms with E-state index >= 15 is 0 Å². The molecule has 5 rings (SSSR count). The summed E-state index contributed by atoms with van der Waals surface area (Å²) in [5.41, 5.74) is -3.63. The molecule has 2 aromatic rings. The van der Waals surface area contributed by atoms with Gasteiger partial charge in [-0.1, -0.05) is 51.7 Å². The number of aliphatic hydroxyl groups excluding tert-OH is 2. The fraction of sp³-hybridized carbons (Fsp3) is 0.389. The van der Waals surface area contributed by atoms with Gasteiger partial charge in [-0.3, -0.25) is 19.2 Å². The van der Waals surface area contributed by atoms with E-state index in [0.717, 1.165) is 12.5 Å². The normalized spacial score (nSPS) is 27.8. The van der Waals surface area contributed by atoms with E-state index in [9.17, 15) is 39.6 Å². The predicted octanol–water partition coefficient (Wildman–Crippen LogP) is 4.88. The Labute approximate surface area is 256 Å². The number of carbonyl (C=O) groups is 4. The Kier molecular flexibility index (Phi) is 7.26. The number of allylic oxidation sites excluding steroid dienone is 2. The molecule has 4 atom stereocenters. The summed E-state index contributed by atoms with van der Waals surface area (Å²) in [6.45, 7) is 9.56. The number of aromatic hydroxyl groups is 1. The second kappa shape index (κ2) is 10.3. The fourth-order valence-electron chi connectivity index (χ4n) is 7.98. The van der Waals surface area contributed by atoms with Crippen LogP contribution in [0.15, 0.2) is 59.1 Å². The first-order valence-corrected chi connectivity index (χ1v) is 14.6. The molecule has 228 valence electrons. The van der Waals surface area contributed by atoms with Crippen LogP contribution in [0.2, 0.25) is 0 Å². The lowest BCUT2D eigenvalue weighted by molar-refractivity contribution is -0.171. The lowest BCUT2D eigenvalue weighted by atomic mass is 9.44.